The number of hydrogen-bond acceptors (Lipinski definition) is 4. The molecule has 106 valence electrons. The van der Waals surface area contributed by atoms with Crippen LogP contribution in [0.5, 0.6) is 0 Å². The van der Waals surface area contributed by atoms with Crippen LogP contribution in [-0.4, -0.2) is 27.9 Å². The van der Waals surface area contributed by atoms with Crippen molar-refractivity contribution in [3.63, 3.8) is 0 Å². The summed E-state index contributed by atoms with van der Waals surface area (Å²) in [6, 6.07) is 3.47. The van der Waals surface area contributed by atoms with Crippen LogP contribution in [0.1, 0.15) is 6.42 Å². The largest absolute Gasteiger partial charge is 0.502 e. The lowest BCUT2D eigenvalue weighted by Crippen LogP contribution is -2.18. The second-order valence-electron chi connectivity index (χ2n) is 4.03. The average molecular weight is 405 g/mol. The first-order valence-electron chi connectivity index (χ1n) is 5.73. The van der Waals surface area contributed by atoms with Gasteiger partial charge in [0.05, 0.1) is 13.5 Å². The topological polar surface area (TPSA) is 64.7 Å². The second kappa shape index (κ2) is 6.43. The van der Waals surface area contributed by atoms with Crippen molar-refractivity contribution in [2.45, 2.75) is 6.42 Å². The van der Waals surface area contributed by atoms with Crippen molar-refractivity contribution in [1.29, 1.82) is 0 Å². The minimum atomic E-state index is 0.0254. The van der Waals surface area contributed by atoms with Crippen molar-refractivity contribution >= 4 is 48.9 Å². The molecule has 0 unspecified atom stereocenters. The van der Waals surface area contributed by atoms with Crippen molar-refractivity contribution < 1.29 is 19.9 Å². The lowest BCUT2D eigenvalue weighted by Gasteiger charge is -2.09. The number of aliphatic hydroxyl groups excluding tert-OH is 1. The van der Waals surface area contributed by atoms with Crippen molar-refractivity contribution in [3.8, 4) is 0 Å². The summed E-state index contributed by atoms with van der Waals surface area (Å²) in [5.41, 5.74) is 4.09. The fourth-order valence-electron chi connectivity index (χ4n) is 1.78. The molecule has 20 heavy (non-hydrogen) atoms. The van der Waals surface area contributed by atoms with Crippen LogP contribution in [0, 0.1) is 0 Å². The van der Waals surface area contributed by atoms with Gasteiger partial charge in [-0.2, -0.15) is 0 Å². The Morgan fingerprint density at radius 1 is 1.30 bits per heavy atom. The summed E-state index contributed by atoms with van der Waals surface area (Å²) in [4.78, 5) is 4.90. The number of halogens is 2. The summed E-state index contributed by atoms with van der Waals surface area (Å²) in [6.45, 7) is 0. The van der Waals surface area contributed by atoms with Gasteiger partial charge in [0.25, 0.3) is 11.4 Å². The number of benzene rings is 1. The summed E-state index contributed by atoms with van der Waals surface area (Å²) in [5.74, 6) is 0.0254. The average Bonchev–Trinajstić information content (AvgIpc) is 2.43. The maximum absolute atomic E-state index is 10.4. The van der Waals surface area contributed by atoms with Crippen LogP contribution in [0.25, 0.3) is 0 Å². The van der Waals surface area contributed by atoms with Crippen LogP contribution < -0.4 is 5.48 Å². The molecule has 2 rings (SSSR count). The Morgan fingerprint density at radius 3 is 2.65 bits per heavy atom. The highest BCUT2D eigenvalue weighted by Gasteiger charge is 2.26. The number of aliphatic hydroxyl groups is 1. The minimum absolute atomic E-state index is 0.0254. The van der Waals surface area contributed by atoms with Crippen molar-refractivity contribution in [1.82, 2.24) is 0 Å². The highest BCUT2D eigenvalue weighted by atomic mass is 79.9. The van der Waals surface area contributed by atoms with Gasteiger partial charge in [0.1, 0.15) is 5.69 Å². The summed E-state index contributed by atoms with van der Waals surface area (Å²) in [5, 5.41) is 20.2. The Bertz CT molecular complexity index is 624. The Kier molecular flexibility index (Phi) is 4.85. The van der Waals surface area contributed by atoms with Gasteiger partial charge in [0.15, 0.2) is 5.76 Å². The standard InChI is InChI=1S/C13H12Br2N2O3/c1-20-16-10-6-8(14)9(15)7-12(10)17(19)11-4-2-3-5-13(11)18/h2-3,5-7,16H,4H2,1H3,(H-,18,19)/p+1/b17-11-. The van der Waals surface area contributed by atoms with Gasteiger partial charge in [-0.25, -0.2) is 0 Å². The molecule has 0 aliphatic heterocycles. The van der Waals surface area contributed by atoms with Crippen LogP contribution in [0.2, 0.25) is 0 Å². The number of anilines is 1. The molecular weight excluding hydrogens is 392 g/mol. The van der Waals surface area contributed by atoms with Gasteiger partial charge in [-0.15, -0.1) is 0 Å². The van der Waals surface area contributed by atoms with E-state index in [2.05, 4.69) is 37.3 Å². The number of allylic oxidation sites excluding steroid dienone is 4. The van der Waals surface area contributed by atoms with Gasteiger partial charge < -0.3 is 5.11 Å². The number of nitrogens with zero attached hydrogens (tertiary/aromatic N) is 1. The molecule has 3 N–H and O–H groups in total. The SMILES string of the molecule is CONc1cc(Br)c(Br)cc1/[N+](O)=C1\CC=CC=C1O. The third-order valence-corrected chi connectivity index (χ3v) is 4.58. The highest BCUT2D eigenvalue weighted by molar-refractivity contribution is 9.13. The summed E-state index contributed by atoms with van der Waals surface area (Å²) >= 11 is 6.77. The van der Waals surface area contributed by atoms with Gasteiger partial charge >= 0.3 is 0 Å². The number of nitrogens with one attached hydrogen (secondary N) is 1. The molecule has 7 heteroatoms. The van der Waals surface area contributed by atoms with E-state index >= 15 is 0 Å². The maximum Gasteiger partial charge on any atom is 0.284 e. The predicted octanol–water partition coefficient (Wildman–Crippen LogP) is 4.06. The molecule has 0 heterocycles. The van der Waals surface area contributed by atoms with Gasteiger partial charge in [0.2, 0.25) is 0 Å². The number of hydrogen-bond donors (Lipinski definition) is 3. The fourth-order valence-corrected chi connectivity index (χ4v) is 2.46. The molecule has 0 aromatic heterocycles. The van der Waals surface area contributed by atoms with Gasteiger partial charge in [0, 0.05) is 19.8 Å². The van der Waals surface area contributed by atoms with E-state index in [1.807, 2.05) is 6.08 Å². The maximum atomic E-state index is 10.4. The zero-order chi connectivity index (χ0) is 14.7. The van der Waals surface area contributed by atoms with Gasteiger partial charge in [-0.1, -0.05) is 12.2 Å². The zero-order valence-electron chi connectivity index (χ0n) is 10.6. The molecule has 0 spiro atoms. The molecule has 1 aliphatic rings. The van der Waals surface area contributed by atoms with Crippen LogP contribution in [-0.2, 0) is 4.84 Å². The van der Waals surface area contributed by atoms with Crippen LogP contribution >= 0.6 is 31.9 Å². The molecule has 0 saturated carbocycles. The Hall–Kier alpha value is -1.31. The lowest BCUT2D eigenvalue weighted by atomic mass is 10.1. The van der Waals surface area contributed by atoms with Gasteiger partial charge in [-0.3, -0.25) is 15.5 Å². The molecule has 0 atom stereocenters. The van der Waals surface area contributed by atoms with Gasteiger partial charge in [-0.05, 0) is 44.0 Å². The second-order valence-corrected chi connectivity index (χ2v) is 5.74. The molecule has 1 aliphatic carbocycles. The summed E-state index contributed by atoms with van der Waals surface area (Å²) < 4.78 is 2.51. The monoisotopic (exact) mass is 403 g/mol. The van der Waals surface area contributed by atoms with Crippen LogP contribution in [0.4, 0.5) is 11.4 Å². The number of rotatable bonds is 3. The molecule has 0 amide bonds. The highest BCUT2D eigenvalue weighted by Crippen LogP contribution is 2.34. The quantitative estimate of drug-likeness (QED) is 0.403. The van der Waals surface area contributed by atoms with Crippen molar-refractivity contribution in [2.75, 3.05) is 12.6 Å². The molecule has 5 nitrogen and oxygen atoms in total. The van der Waals surface area contributed by atoms with Crippen molar-refractivity contribution in [2.24, 2.45) is 0 Å². The molecule has 1 aromatic carbocycles. The van der Waals surface area contributed by atoms with E-state index in [1.54, 1.807) is 18.2 Å². The lowest BCUT2D eigenvalue weighted by molar-refractivity contribution is -0.713. The van der Waals surface area contributed by atoms with Crippen molar-refractivity contribution in [3.05, 3.63) is 45.1 Å². The predicted molar refractivity (Wildman–Crippen MR) is 83.7 cm³/mol. The molecule has 0 radical (unpaired) electrons. The fraction of sp³-hybridized carbons (Fsp3) is 0.154. The summed E-state index contributed by atoms with van der Waals surface area (Å²) in [7, 11) is 1.48. The Labute approximate surface area is 133 Å². The zero-order valence-corrected chi connectivity index (χ0v) is 13.8. The Morgan fingerprint density at radius 2 is 2.00 bits per heavy atom. The first-order valence-corrected chi connectivity index (χ1v) is 7.32. The minimum Gasteiger partial charge on any atom is -0.502 e. The molecule has 0 fully saturated rings. The Balaban J connectivity index is 2.56. The molecule has 0 bridgehead atoms. The van der Waals surface area contributed by atoms with E-state index in [0.717, 1.165) is 13.7 Å². The summed E-state index contributed by atoms with van der Waals surface area (Å²) in [6.07, 6.45) is 5.53. The van der Waals surface area contributed by atoms with Crippen LogP contribution in [0.3, 0.4) is 0 Å². The smallest absolute Gasteiger partial charge is 0.284 e. The first-order chi connectivity index (χ1) is 9.54. The van der Waals surface area contributed by atoms with E-state index in [-0.39, 0.29) is 5.76 Å². The van der Waals surface area contributed by atoms with E-state index in [0.29, 0.717) is 23.5 Å². The van der Waals surface area contributed by atoms with E-state index < -0.39 is 0 Å². The third-order valence-electron chi connectivity index (χ3n) is 2.73. The van der Waals surface area contributed by atoms with E-state index in [1.165, 1.54) is 13.2 Å². The molecule has 0 saturated heterocycles. The molecule has 1 aromatic rings. The van der Waals surface area contributed by atoms with Crippen LogP contribution in [0.15, 0.2) is 45.1 Å². The first kappa shape index (κ1) is 15.1. The van der Waals surface area contributed by atoms with E-state index in [9.17, 15) is 10.3 Å². The third kappa shape index (κ3) is 3.05. The normalized spacial score (nSPS) is 16.9. The molecular formula is C13H13Br2N2O3+. The van der Waals surface area contributed by atoms with E-state index in [4.69, 9.17) is 4.84 Å².